The highest BCUT2D eigenvalue weighted by atomic mass is 35.5. The smallest absolute Gasteiger partial charge is 0.222 e. The van der Waals surface area contributed by atoms with Gasteiger partial charge in [-0.1, -0.05) is 5.16 Å². The molecule has 0 aliphatic carbocycles. The second kappa shape index (κ2) is 6.74. The van der Waals surface area contributed by atoms with E-state index in [1.165, 1.54) is 0 Å². The molecule has 0 spiro atoms. The van der Waals surface area contributed by atoms with Crippen molar-refractivity contribution in [2.75, 3.05) is 5.32 Å². The van der Waals surface area contributed by atoms with Crippen LogP contribution in [-0.2, 0) is 6.61 Å². The van der Waals surface area contributed by atoms with E-state index < -0.39 is 0 Å². The van der Waals surface area contributed by atoms with Gasteiger partial charge in [0.1, 0.15) is 24.4 Å². The van der Waals surface area contributed by atoms with Crippen molar-refractivity contribution in [1.29, 1.82) is 0 Å². The maximum atomic E-state index is 5.75. The molecule has 0 fully saturated rings. The van der Waals surface area contributed by atoms with Gasteiger partial charge in [0.25, 0.3) is 0 Å². The molecular formula is C17H12ClN5O2. The molecule has 0 aliphatic rings. The Morgan fingerprint density at radius 3 is 2.76 bits per heavy atom. The molecule has 3 heterocycles. The highest BCUT2D eigenvalue weighted by Crippen LogP contribution is 2.27. The van der Waals surface area contributed by atoms with Crippen LogP contribution in [0.5, 0.6) is 5.75 Å². The molecule has 0 bridgehead atoms. The third-order valence-electron chi connectivity index (χ3n) is 3.51. The lowest BCUT2D eigenvalue weighted by molar-refractivity contribution is 0.305. The van der Waals surface area contributed by atoms with E-state index in [4.69, 9.17) is 20.9 Å². The second-order valence-electron chi connectivity index (χ2n) is 5.23. The molecule has 0 saturated carbocycles. The summed E-state index contributed by atoms with van der Waals surface area (Å²) in [6.07, 6.45) is 8.12. The van der Waals surface area contributed by atoms with Gasteiger partial charge >= 0.3 is 0 Å². The number of rotatable bonds is 5. The number of aromatic nitrogens is 4. The molecule has 0 atom stereocenters. The first kappa shape index (κ1) is 15.3. The first-order valence-corrected chi connectivity index (χ1v) is 7.80. The first-order chi connectivity index (χ1) is 12.3. The van der Waals surface area contributed by atoms with E-state index in [2.05, 4.69) is 25.4 Å². The summed E-state index contributed by atoms with van der Waals surface area (Å²) in [5, 5.41) is 8.99. The quantitative estimate of drug-likeness (QED) is 0.543. The van der Waals surface area contributed by atoms with Crippen molar-refractivity contribution in [2.24, 2.45) is 0 Å². The summed E-state index contributed by atoms with van der Waals surface area (Å²) in [6.45, 7) is 0.396. The second-order valence-corrected chi connectivity index (χ2v) is 5.57. The number of hydrogen-bond acceptors (Lipinski definition) is 7. The van der Waals surface area contributed by atoms with Crippen LogP contribution in [0.25, 0.3) is 10.8 Å². The highest BCUT2D eigenvalue weighted by molar-refractivity contribution is 6.28. The Morgan fingerprint density at radius 1 is 1.08 bits per heavy atom. The van der Waals surface area contributed by atoms with Crippen LogP contribution in [0.4, 0.5) is 11.5 Å². The Balaban J connectivity index is 1.57. The van der Waals surface area contributed by atoms with Crippen molar-refractivity contribution in [3.63, 3.8) is 0 Å². The lowest BCUT2D eigenvalue weighted by Crippen LogP contribution is -1.97. The molecule has 1 N–H and O–H groups in total. The number of fused-ring (bicyclic) bond motifs is 1. The molecule has 8 heteroatoms. The van der Waals surface area contributed by atoms with Gasteiger partial charge in [-0.15, -0.1) is 0 Å². The van der Waals surface area contributed by atoms with Crippen molar-refractivity contribution in [2.45, 2.75) is 6.61 Å². The fraction of sp³-hybridized carbons (Fsp3) is 0.0588. The van der Waals surface area contributed by atoms with Gasteiger partial charge in [0, 0.05) is 17.1 Å². The monoisotopic (exact) mass is 353 g/mol. The standard InChI is InChI=1S/C17H12ClN5O2/c18-17-20-7-13(8-21-17)23-16-15-2-1-14(5-12(15)3-4-19-16)24-9-11-6-22-25-10-11/h1-8,10H,9H2,(H,19,23). The molecule has 0 unspecified atom stereocenters. The van der Waals surface area contributed by atoms with E-state index in [9.17, 15) is 0 Å². The third-order valence-corrected chi connectivity index (χ3v) is 3.70. The fourth-order valence-electron chi connectivity index (χ4n) is 2.32. The minimum absolute atomic E-state index is 0.200. The SMILES string of the molecule is Clc1ncc(Nc2nccc3cc(OCc4cnoc4)ccc23)cn1. The minimum atomic E-state index is 0.200. The van der Waals surface area contributed by atoms with Crippen LogP contribution >= 0.6 is 11.6 Å². The van der Waals surface area contributed by atoms with Gasteiger partial charge in [0.05, 0.1) is 24.3 Å². The summed E-state index contributed by atoms with van der Waals surface area (Å²) in [4.78, 5) is 12.3. The Kier molecular flexibility index (Phi) is 4.14. The average Bonchev–Trinajstić information content (AvgIpc) is 3.15. The zero-order valence-electron chi connectivity index (χ0n) is 12.9. The predicted octanol–water partition coefficient (Wildman–Crippen LogP) is 3.99. The predicted molar refractivity (Wildman–Crippen MR) is 92.9 cm³/mol. The van der Waals surface area contributed by atoms with Gasteiger partial charge in [-0.25, -0.2) is 15.0 Å². The summed E-state index contributed by atoms with van der Waals surface area (Å²) >= 11 is 5.70. The molecule has 4 aromatic rings. The minimum Gasteiger partial charge on any atom is -0.489 e. The molecule has 0 amide bonds. The lowest BCUT2D eigenvalue weighted by atomic mass is 10.1. The zero-order chi connectivity index (χ0) is 17.1. The Labute approximate surface area is 147 Å². The maximum absolute atomic E-state index is 5.75. The molecule has 0 aliphatic heterocycles. The van der Waals surface area contributed by atoms with Crippen LogP contribution in [0, 0.1) is 0 Å². The molecule has 1 aromatic carbocycles. The number of halogens is 1. The average molecular weight is 354 g/mol. The fourth-order valence-corrected chi connectivity index (χ4v) is 2.42. The topological polar surface area (TPSA) is 86.0 Å². The van der Waals surface area contributed by atoms with Crippen molar-refractivity contribution in [1.82, 2.24) is 20.1 Å². The highest BCUT2D eigenvalue weighted by Gasteiger charge is 2.06. The molecule has 4 rings (SSSR count). The van der Waals surface area contributed by atoms with E-state index in [0.29, 0.717) is 18.1 Å². The van der Waals surface area contributed by atoms with Gasteiger partial charge in [-0.05, 0) is 41.3 Å². The van der Waals surface area contributed by atoms with Gasteiger partial charge in [0.15, 0.2) is 0 Å². The van der Waals surface area contributed by atoms with Crippen LogP contribution in [-0.4, -0.2) is 20.1 Å². The van der Waals surface area contributed by atoms with Gasteiger partial charge in [-0.2, -0.15) is 0 Å². The summed E-state index contributed by atoms with van der Waals surface area (Å²) in [5.74, 6) is 1.45. The van der Waals surface area contributed by atoms with Crippen LogP contribution in [0.15, 0.2) is 59.8 Å². The molecule has 7 nitrogen and oxygen atoms in total. The molecule has 124 valence electrons. The largest absolute Gasteiger partial charge is 0.489 e. The summed E-state index contributed by atoms with van der Waals surface area (Å²) in [7, 11) is 0. The maximum Gasteiger partial charge on any atom is 0.222 e. The van der Waals surface area contributed by atoms with Crippen LogP contribution in [0.3, 0.4) is 0 Å². The number of hydrogen-bond donors (Lipinski definition) is 1. The van der Waals surface area contributed by atoms with E-state index in [-0.39, 0.29) is 5.28 Å². The van der Waals surface area contributed by atoms with E-state index >= 15 is 0 Å². The normalized spacial score (nSPS) is 10.8. The van der Waals surface area contributed by atoms with E-state index in [1.807, 2.05) is 24.3 Å². The van der Waals surface area contributed by atoms with Gasteiger partial charge in [0.2, 0.25) is 5.28 Å². The Bertz CT molecular complexity index is 990. The van der Waals surface area contributed by atoms with Gasteiger partial charge in [-0.3, -0.25) is 0 Å². The molecule has 0 radical (unpaired) electrons. The van der Waals surface area contributed by atoms with Gasteiger partial charge < -0.3 is 14.6 Å². The molecular weight excluding hydrogens is 342 g/mol. The number of anilines is 2. The van der Waals surface area contributed by atoms with Crippen molar-refractivity contribution >= 4 is 33.9 Å². The molecule has 25 heavy (non-hydrogen) atoms. The molecule has 3 aromatic heterocycles. The third kappa shape index (κ3) is 3.51. The van der Waals surface area contributed by atoms with Crippen LogP contribution in [0.1, 0.15) is 5.56 Å². The van der Waals surface area contributed by atoms with Crippen molar-refractivity contribution in [3.8, 4) is 5.75 Å². The Hall–Kier alpha value is -3.19. The first-order valence-electron chi connectivity index (χ1n) is 7.42. The summed E-state index contributed by atoms with van der Waals surface area (Å²) < 4.78 is 10.5. The Morgan fingerprint density at radius 2 is 1.96 bits per heavy atom. The zero-order valence-corrected chi connectivity index (χ0v) is 13.6. The van der Waals surface area contributed by atoms with Crippen molar-refractivity contribution in [3.05, 3.63) is 66.2 Å². The number of pyridine rings is 1. The van der Waals surface area contributed by atoms with E-state index in [0.717, 1.165) is 22.1 Å². The summed E-state index contributed by atoms with van der Waals surface area (Å²) in [5.41, 5.74) is 1.58. The summed E-state index contributed by atoms with van der Waals surface area (Å²) in [6, 6.07) is 7.71. The number of benzene rings is 1. The molecule has 0 saturated heterocycles. The lowest BCUT2D eigenvalue weighted by Gasteiger charge is -2.10. The van der Waals surface area contributed by atoms with Crippen LogP contribution < -0.4 is 10.1 Å². The van der Waals surface area contributed by atoms with Crippen LogP contribution in [0.2, 0.25) is 5.28 Å². The van der Waals surface area contributed by atoms with Crippen molar-refractivity contribution < 1.29 is 9.26 Å². The van der Waals surface area contributed by atoms with E-state index in [1.54, 1.807) is 31.1 Å². The number of nitrogens with zero attached hydrogens (tertiary/aromatic N) is 4. The number of ether oxygens (including phenoxy) is 1. The number of nitrogens with one attached hydrogen (secondary N) is 1.